The van der Waals surface area contributed by atoms with Gasteiger partial charge in [0.2, 0.25) is 5.91 Å². The zero-order chi connectivity index (χ0) is 24.2. The van der Waals surface area contributed by atoms with Crippen molar-refractivity contribution in [3.05, 3.63) is 100 Å². The van der Waals surface area contributed by atoms with Crippen molar-refractivity contribution in [2.45, 2.75) is 20.8 Å². The van der Waals surface area contributed by atoms with Crippen molar-refractivity contribution in [3.63, 3.8) is 0 Å². The first-order chi connectivity index (χ1) is 16.3. The number of amides is 2. The third-order valence-corrected chi connectivity index (χ3v) is 6.23. The van der Waals surface area contributed by atoms with Gasteiger partial charge in [0.05, 0.1) is 11.4 Å². The Balaban J connectivity index is 1.57. The fourth-order valence-corrected chi connectivity index (χ4v) is 4.61. The van der Waals surface area contributed by atoms with Gasteiger partial charge >= 0.3 is 0 Å². The topological polar surface area (TPSA) is 61.8 Å². The summed E-state index contributed by atoms with van der Waals surface area (Å²) in [5.41, 5.74) is 5.48. The van der Waals surface area contributed by atoms with Crippen molar-refractivity contribution in [1.82, 2.24) is 0 Å². The Bertz CT molecular complexity index is 1280. The van der Waals surface area contributed by atoms with Crippen LogP contribution in [0.4, 0.5) is 15.8 Å². The highest BCUT2D eigenvalue weighted by Crippen LogP contribution is 2.30. The number of nitrogens with one attached hydrogen (secondary N) is 1. The smallest absolute Gasteiger partial charge is 0.283 e. The van der Waals surface area contributed by atoms with Crippen LogP contribution in [-0.2, 0) is 9.59 Å². The van der Waals surface area contributed by atoms with Crippen molar-refractivity contribution in [2.75, 3.05) is 16.0 Å². The van der Waals surface area contributed by atoms with Crippen molar-refractivity contribution in [2.24, 2.45) is 4.99 Å². The average Bonchev–Trinajstić information content (AvgIpc) is 3.11. The van der Waals surface area contributed by atoms with E-state index in [0.717, 1.165) is 39.7 Å². The zero-order valence-corrected chi connectivity index (χ0v) is 19.9. The third-order valence-electron chi connectivity index (χ3n) is 5.29. The lowest BCUT2D eigenvalue weighted by Crippen LogP contribution is -2.31. The van der Waals surface area contributed by atoms with E-state index in [0.29, 0.717) is 10.9 Å². The Hall–Kier alpha value is -3.71. The zero-order valence-electron chi connectivity index (χ0n) is 19.1. The molecule has 0 saturated heterocycles. The third kappa shape index (κ3) is 5.26. The highest BCUT2D eigenvalue weighted by molar-refractivity contribution is 8.14. The molecule has 0 saturated carbocycles. The molecule has 1 heterocycles. The number of rotatable bonds is 5. The Morgan fingerprint density at radius 2 is 1.68 bits per heavy atom. The summed E-state index contributed by atoms with van der Waals surface area (Å²) in [4.78, 5) is 31.9. The largest absolute Gasteiger partial charge is 0.325 e. The predicted molar refractivity (Wildman–Crippen MR) is 137 cm³/mol. The Morgan fingerprint density at radius 1 is 1.03 bits per heavy atom. The summed E-state index contributed by atoms with van der Waals surface area (Å²) in [5, 5.41) is 3.34. The van der Waals surface area contributed by atoms with E-state index in [1.54, 1.807) is 6.08 Å². The molecule has 34 heavy (non-hydrogen) atoms. The van der Waals surface area contributed by atoms with E-state index in [4.69, 9.17) is 0 Å². The number of carbonyl (C=O) groups excluding carboxylic acids is 2. The summed E-state index contributed by atoms with van der Waals surface area (Å²) in [6.45, 7) is 5.93. The first-order valence-electron chi connectivity index (χ1n) is 10.8. The standard InChI is InChI=1S/C27H24FN3O2S/c1-17-13-18(2)25(19(3)14-17)30-24(32)16-34-27-29-23(15-20-7-5-4-6-8-20)26(33)31(27)22-11-9-21(28)10-12-22/h4-15H,16H2,1-3H3,(H,30,32)/b23-15-. The van der Waals surface area contributed by atoms with Gasteiger partial charge in [-0.3, -0.25) is 14.5 Å². The van der Waals surface area contributed by atoms with Gasteiger partial charge in [-0.1, -0.05) is 59.8 Å². The predicted octanol–water partition coefficient (Wildman–Crippen LogP) is 5.87. The molecule has 0 unspecified atom stereocenters. The summed E-state index contributed by atoms with van der Waals surface area (Å²) < 4.78 is 13.5. The van der Waals surface area contributed by atoms with Gasteiger partial charge in [0.25, 0.3) is 5.91 Å². The molecule has 172 valence electrons. The summed E-state index contributed by atoms with van der Waals surface area (Å²) in [6, 6.07) is 19.1. The lowest BCUT2D eigenvalue weighted by atomic mass is 10.1. The Kier molecular flexibility index (Phi) is 6.93. The normalized spacial score (nSPS) is 14.5. The molecular formula is C27H24FN3O2S. The van der Waals surface area contributed by atoms with Crippen LogP contribution < -0.4 is 10.2 Å². The van der Waals surface area contributed by atoms with Crippen LogP contribution in [0.5, 0.6) is 0 Å². The van der Waals surface area contributed by atoms with Crippen LogP contribution in [-0.4, -0.2) is 22.7 Å². The molecule has 0 spiro atoms. The molecule has 7 heteroatoms. The van der Waals surface area contributed by atoms with Crippen LogP contribution in [0.3, 0.4) is 0 Å². The van der Waals surface area contributed by atoms with E-state index in [9.17, 15) is 14.0 Å². The number of aryl methyl sites for hydroxylation is 3. The van der Waals surface area contributed by atoms with Crippen LogP contribution in [0.1, 0.15) is 22.3 Å². The number of nitrogens with zero attached hydrogens (tertiary/aromatic N) is 2. The molecule has 0 aromatic heterocycles. The van der Waals surface area contributed by atoms with Crippen molar-refractivity contribution in [3.8, 4) is 0 Å². The molecule has 1 aliphatic rings. The van der Waals surface area contributed by atoms with Gasteiger partial charge in [0, 0.05) is 5.69 Å². The second-order valence-electron chi connectivity index (χ2n) is 8.06. The van der Waals surface area contributed by atoms with E-state index in [1.165, 1.54) is 29.2 Å². The van der Waals surface area contributed by atoms with Crippen molar-refractivity contribution in [1.29, 1.82) is 0 Å². The average molecular weight is 474 g/mol. The van der Waals surface area contributed by atoms with E-state index in [1.807, 2.05) is 63.2 Å². The molecule has 0 fully saturated rings. The molecule has 0 bridgehead atoms. The van der Waals surface area contributed by atoms with E-state index < -0.39 is 5.82 Å². The van der Waals surface area contributed by atoms with Crippen LogP contribution in [0, 0.1) is 26.6 Å². The molecule has 0 aliphatic carbocycles. The Morgan fingerprint density at radius 3 is 2.32 bits per heavy atom. The number of amidine groups is 1. The molecular weight excluding hydrogens is 449 g/mol. The summed E-state index contributed by atoms with van der Waals surface area (Å²) in [6.07, 6.45) is 1.70. The fraction of sp³-hybridized carbons (Fsp3) is 0.148. The van der Waals surface area contributed by atoms with Crippen molar-refractivity contribution < 1.29 is 14.0 Å². The minimum atomic E-state index is -0.398. The van der Waals surface area contributed by atoms with Gasteiger partial charge in [-0.25, -0.2) is 9.38 Å². The number of thioether (sulfide) groups is 1. The lowest BCUT2D eigenvalue weighted by molar-refractivity contribution is -0.114. The Labute approximate surface area is 202 Å². The molecule has 5 nitrogen and oxygen atoms in total. The van der Waals surface area contributed by atoms with E-state index in [-0.39, 0.29) is 23.3 Å². The molecule has 2 amide bonds. The van der Waals surface area contributed by atoms with Gasteiger partial charge in [-0.2, -0.15) is 0 Å². The quantitative estimate of drug-likeness (QED) is 0.472. The maximum atomic E-state index is 13.5. The van der Waals surface area contributed by atoms with Crippen LogP contribution in [0.15, 0.2) is 77.4 Å². The maximum absolute atomic E-state index is 13.5. The lowest BCUT2D eigenvalue weighted by Gasteiger charge is -2.18. The second kappa shape index (κ2) is 10.1. The number of hydrogen-bond donors (Lipinski definition) is 1. The molecule has 3 aromatic carbocycles. The van der Waals surface area contributed by atoms with E-state index >= 15 is 0 Å². The minimum absolute atomic E-state index is 0.0647. The SMILES string of the molecule is Cc1cc(C)c(NC(=O)CSC2=N/C(=C\c3ccccc3)C(=O)N2c2ccc(F)cc2)c(C)c1. The summed E-state index contributed by atoms with van der Waals surface area (Å²) in [5.74, 6) is -0.863. The van der Waals surface area contributed by atoms with Gasteiger partial charge in [-0.05, 0) is 67.8 Å². The highest BCUT2D eigenvalue weighted by Gasteiger charge is 2.32. The van der Waals surface area contributed by atoms with Gasteiger partial charge < -0.3 is 5.32 Å². The summed E-state index contributed by atoms with van der Waals surface area (Å²) in [7, 11) is 0. The molecule has 1 N–H and O–H groups in total. The minimum Gasteiger partial charge on any atom is -0.325 e. The van der Waals surface area contributed by atoms with Crippen LogP contribution in [0.2, 0.25) is 0 Å². The molecule has 0 radical (unpaired) electrons. The van der Waals surface area contributed by atoms with Crippen molar-refractivity contribution >= 4 is 46.2 Å². The number of aliphatic imine (C=N–C) groups is 1. The van der Waals surface area contributed by atoms with Gasteiger partial charge in [0.1, 0.15) is 11.5 Å². The number of anilines is 2. The van der Waals surface area contributed by atoms with E-state index in [2.05, 4.69) is 10.3 Å². The number of halogens is 1. The molecule has 0 atom stereocenters. The first kappa shape index (κ1) is 23.4. The molecule has 3 aromatic rings. The van der Waals surface area contributed by atoms with Crippen LogP contribution >= 0.6 is 11.8 Å². The fourth-order valence-electron chi connectivity index (χ4n) is 3.80. The second-order valence-corrected chi connectivity index (χ2v) is 9.00. The molecule has 1 aliphatic heterocycles. The monoisotopic (exact) mass is 473 g/mol. The number of hydrogen-bond acceptors (Lipinski definition) is 4. The van der Waals surface area contributed by atoms with Crippen LogP contribution in [0.25, 0.3) is 6.08 Å². The van der Waals surface area contributed by atoms with Gasteiger partial charge in [-0.15, -0.1) is 0 Å². The maximum Gasteiger partial charge on any atom is 0.283 e. The first-order valence-corrected chi connectivity index (χ1v) is 11.8. The van der Waals surface area contributed by atoms with Gasteiger partial charge in [0.15, 0.2) is 5.17 Å². The molecule has 4 rings (SSSR count). The highest BCUT2D eigenvalue weighted by atomic mass is 32.2. The number of carbonyl (C=O) groups is 2. The number of benzene rings is 3. The summed E-state index contributed by atoms with van der Waals surface area (Å²) >= 11 is 1.16.